The molecule has 4 rings (SSSR count). The molecule has 1 aliphatic heterocycles. The van der Waals surface area contributed by atoms with Crippen LogP contribution >= 0.6 is 0 Å². The second kappa shape index (κ2) is 9.58. The third-order valence-corrected chi connectivity index (χ3v) is 6.12. The minimum atomic E-state index is -0.498. The number of carbonyl (C=O) groups is 1. The average molecular weight is 466 g/mol. The smallest absolute Gasteiger partial charge is 0.410 e. The zero-order chi connectivity index (χ0) is 24.5. The van der Waals surface area contributed by atoms with Gasteiger partial charge in [-0.25, -0.2) is 9.18 Å². The van der Waals surface area contributed by atoms with E-state index in [9.17, 15) is 14.0 Å². The number of H-pyrrole nitrogens is 1. The minimum Gasteiger partial charge on any atom is -0.444 e. The molecule has 180 valence electrons. The number of carbonyl (C=O) groups excluding carboxylic acids is 1. The Balaban J connectivity index is 1.44. The first kappa shape index (κ1) is 24.0. The molecular formula is C27H32FN3O3. The molecule has 34 heavy (non-hydrogen) atoms. The monoisotopic (exact) mass is 465 g/mol. The summed E-state index contributed by atoms with van der Waals surface area (Å²) in [5.41, 5.74) is 2.76. The summed E-state index contributed by atoms with van der Waals surface area (Å²) in [6, 6.07) is 13.0. The van der Waals surface area contributed by atoms with Gasteiger partial charge >= 0.3 is 6.09 Å². The number of halogens is 1. The summed E-state index contributed by atoms with van der Waals surface area (Å²) in [4.78, 5) is 31.8. The Hall–Kier alpha value is -3.19. The molecule has 1 aromatic heterocycles. The van der Waals surface area contributed by atoms with Gasteiger partial charge in [0.25, 0.3) is 5.56 Å². The zero-order valence-electron chi connectivity index (χ0n) is 20.3. The van der Waals surface area contributed by atoms with Crippen molar-refractivity contribution in [3.63, 3.8) is 0 Å². The summed E-state index contributed by atoms with van der Waals surface area (Å²) >= 11 is 0. The second-order valence-electron chi connectivity index (χ2n) is 9.80. The zero-order valence-corrected chi connectivity index (χ0v) is 20.3. The molecule has 0 atom stereocenters. The van der Waals surface area contributed by atoms with E-state index in [0.29, 0.717) is 24.2 Å². The fraction of sp³-hybridized carbons (Fsp3) is 0.407. The molecule has 6 nitrogen and oxygen atoms in total. The number of nitrogens with zero attached hydrogens (tertiary/aromatic N) is 2. The van der Waals surface area contributed by atoms with Gasteiger partial charge < -0.3 is 14.6 Å². The lowest BCUT2D eigenvalue weighted by Crippen LogP contribution is -2.49. The van der Waals surface area contributed by atoms with Gasteiger partial charge in [0.1, 0.15) is 11.4 Å². The third kappa shape index (κ3) is 5.30. The molecule has 0 saturated carbocycles. The Morgan fingerprint density at radius 3 is 2.35 bits per heavy atom. The van der Waals surface area contributed by atoms with Crippen LogP contribution in [0.2, 0.25) is 0 Å². The fourth-order valence-corrected chi connectivity index (χ4v) is 4.32. The topological polar surface area (TPSA) is 65.6 Å². The van der Waals surface area contributed by atoms with Crippen molar-refractivity contribution < 1.29 is 13.9 Å². The predicted molar refractivity (Wildman–Crippen MR) is 132 cm³/mol. The number of nitrogens with one attached hydrogen (secondary N) is 1. The Morgan fingerprint density at radius 1 is 1.06 bits per heavy atom. The van der Waals surface area contributed by atoms with Crippen LogP contribution in [0.3, 0.4) is 0 Å². The summed E-state index contributed by atoms with van der Waals surface area (Å²) in [5.74, 6) is -0.498. The van der Waals surface area contributed by atoms with Crippen LogP contribution in [-0.2, 0) is 17.7 Å². The van der Waals surface area contributed by atoms with Gasteiger partial charge in [0, 0.05) is 38.4 Å². The highest BCUT2D eigenvalue weighted by Crippen LogP contribution is 2.25. The molecule has 2 aromatic carbocycles. The van der Waals surface area contributed by atoms with E-state index in [1.165, 1.54) is 6.07 Å². The molecule has 1 N–H and O–H groups in total. The van der Waals surface area contributed by atoms with Gasteiger partial charge in [-0.3, -0.25) is 9.69 Å². The molecule has 0 unspecified atom stereocenters. The summed E-state index contributed by atoms with van der Waals surface area (Å²) < 4.78 is 19.7. The van der Waals surface area contributed by atoms with E-state index >= 15 is 0 Å². The van der Waals surface area contributed by atoms with E-state index in [2.05, 4.69) is 9.88 Å². The lowest BCUT2D eigenvalue weighted by Gasteiger charge is -2.35. The van der Waals surface area contributed by atoms with Crippen molar-refractivity contribution in [3.05, 3.63) is 69.8 Å². The number of aromatic nitrogens is 1. The van der Waals surface area contributed by atoms with Crippen molar-refractivity contribution >= 4 is 16.9 Å². The van der Waals surface area contributed by atoms with Crippen LogP contribution in [0.4, 0.5) is 9.18 Å². The number of aryl methyl sites for hydroxylation is 1. The highest BCUT2D eigenvalue weighted by atomic mass is 19.1. The van der Waals surface area contributed by atoms with Gasteiger partial charge in [0.05, 0.1) is 5.39 Å². The van der Waals surface area contributed by atoms with Crippen molar-refractivity contribution in [1.82, 2.24) is 14.8 Å². The normalized spacial score (nSPS) is 15.0. The Morgan fingerprint density at radius 2 is 1.74 bits per heavy atom. The summed E-state index contributed by atoms with van der Waals surface area (Å²) in [6.45, 7) is 11.2. The maximum Gasteiger partial charge on any atom is 0.410 e. The first-order valence-electron chi connectivity index (χ1n) is 11.8. The molecule has 7 heteroatoms. The Bertz CT molecular complexity index is 1240. The van der Waals surface area contributed by atoms with Gasteiger partial charge in [0.15, 0.2) is 0 Å². The molecule has 1 saturated heterocycles. The molecule has 1 fully saturated rings. The molecule has 0 aliphatic carbocycles. The maximum absolute atomic E-state index is 14.3. The van der Waals surface area contributed by atoms with Crippen molar-refractivity contribution in [2.75, 3.05) is 26.2 Å². The highest BCUT2D eigenvalue weighted by Gasteiger charge is 2.25. The maximum atomic E-state index is 14.3. The molecule has 2 heterocycles. The first-order chi connectivity index (χ1) is 16.1. The number of benzene rings is 2. The number of pyridine rings is 1. The largest absolute Gasteiger partial charge is 0.444 e. The number of ether oxygens (including phenoxy) is 1. The SMILES string of the molecule is CCc1ccc(F)c2c(=O)[nH]c(-c3ccc(CN4CCN(C(=O)OC(C)(C)C)CC4)cc3)cc12. The van der Waals surface area contributed by atoms with E-state index in [1.807, 2.05) is 58.0 Å². The van der Waals surface area contributed by atoms with Crippen LogP contribution in [0.25, 0.3) is 22.0 Å². The highest BCUT2D eigenvalue weighted by molar-refractivity contribution is 5.88. The van der Waals surface area contributed by atoms with Gasteiger partial charge in [-0.2, -0.15) is 0 Å². The van der Waals surface area contributed by atoms with E-state index in [4.69, 9.17) is 4.74 Å². The molecule has 3 aromatic rings. The van der Waals surface area contributed by atoms with E-state index in [1.54, 1.807) is 11.0 Å². The predicted octanol–water partition coefficient (Wildman–Crippen LogP) is 4.95. The molecule has 0 spiro atoms. The summed E-state index contributed by atoms with van der Waals surface area (Å²) in [7, 11) is 0. The van der Waals surface area contributed by atoms with Crippen LogP contribution in [0.5, 0.6) is 0 Å². The van der Waals surface area contributed by atoms with Gasteiger partial charge in [-0.15, -0.1) is 0 Å². The van der Waals surface area contributed by atoms with Crippen LogP contribution < -0.4 is 5.56 Å². The molecule has 1 aliphatic rings. The van der Waals surface area contributed by atoms with Crippen LogP contribution in [0.15, 0.2) is 47.3 Å². The minimum absolute atomic E-state index is 0.116. The number of aromatic amines is 1. The number of piperazine rings is 1. The third-order valence-electron chi connectivity index (χ3n) is 6.12. The van der Waals surface area contributed by atoms with Crippen molar-refractivity contribution in [2.24, 2.45) is 0 Å². The van der Waals surface area contributed by atoms with Crippen molar-refractivity contribution in [3.8, 4) is 11.3 Å². The number of fused-ring (bicyclic) bond motifs is 1. The van der Waals surface area contributed by atoms with Crippen molar-refractivity contribution in [2.45, 2.75) is 46.3 Å². The van der Waals surface area contributed by atoms with Crippen molar-refractivity contribution in [1.29, 1.82) is 0 Å². The lowest BCUT2D eigenvalue weighted by atomic mass is 10.0. The van der Waals surface area contributed by atoms with Crippen LogP contribution in [-0.4, -0.2) is 52.7 Å². The number of hydrogen-bond acceptors (Lipinski definition) is 4. The first-order valence-corrected chi connectivity index (χ1v) is 11.8. The average Bonchev–Trinajstić information content (AvgIpc) is 2.79. The van der Waals surface area contributed by atoms with Gasteiger partial charge in [-0.1, -0.05) is 37.3 Å². The standard InChI is InChI=1S/C27H32FN3O3/c1-5-19-10-11-22(28)24-21(19)16-23(29-25(24)32)20-8-6-18(7-9-20)17-30-12-14-31(15-13-30)26(33)34-27(2,3)4/h6-11,16H,5,12-15,17H2,1-4H3,(H,29,32). The Kier molecular flexibility index (Phi) is 6.75. The van der Waals surface area contributed by atoms with Crippen LogP contribution in [0, 0.1) is 5.82 Å². The number of hydrogen-bond donors (Lipinski definition) is 1. The number of amides is 1. The van der Waals surface area contributed by atoms with Gasteiger partial charge in [-0.05, 0) is 61.4 Å². The van der Waals surface area contributed by atoms with Crippen LogP contribution in [0.1, 0.15) is 38.8 Å². The summed E-state index contributed by atoms with van der Waals surface area (Å²) in [5, 5.41) is 0.776. The van der Waals surface area contributed by atoms with E-state index < -0.39 is 17.0 Å². The fourth-order valence-electron chi connectivity index (χ4n) is 4.32. The van der Waals surface area contributed by atoms with E-state index in [-0.39, 0.29) is 11.5 Å². The van der Waals surface area contributed by atoms with E-state index in [0.717, 1.165) is 42.7 Å². The summed E-state index contributed by atoms with van der Waals surface area (Å²) in [6.07, 6.45) is 0.465. The molecule has 0 bridgehead atoms. The number of rotatable bonds is 4. The van der Waals surface area contributed by atoms with Gasteiger partial charge in [0.2, 0.25) is 0 Å². The second-order valence-corrected chi connectivity index (χ2v) is 9.80. The lowest BCUT2D eigenvalue weighted by molar-refractivity contribution is 0.0139. The molecule has 1 amide bonds. The quantitative estimate of drug-likeness (QED) is 0.592. The molecular weight excluding hydrogens is 433 g/mol. The Labute approximate surface area is 199 Å². The molecule has 0 radical (unpaired) electrons.